The maximum atomic E-state index is 12.7. The molecule has 7 heteroatoms. The van der Waals surface area contributed by atoms with Crippen molar-refractivity contribution in [2.75, 3.05) is 32.1 Å². The predicted octanol–water partition coefficient (Wildman–Crippen LogP) is 2.64. The third-order valence-corrected chi connectivity index (χ3v) is 5.67. The average molecular weight is 345 g/mol. The Morgan fingerprint density at radius 3 is 2.67 bits per heavy atom. The molecule has 1 aliphatic rings. The van der Waals surface area contributed by atoms with Gasteiger partial charge in [-0.2, -0.15) is 0 Å². The van der Waals surface area contributed by atoms with E-state index in [4.69, 9.17) is 0 Å². The highest BCUT2D eigenvalue weighted by atomic mass is 32.1. The van der Waals surface area contributed by atoms with Gasteiger partial charge < -0.3 is 9.80 Å². The zero-order valence-corrected chi connectivity index (χ0v) is 15.4. The number of hydrogen-bond acceptors (Lipinski definition) is 6. The molecule has 1 aliphatic heterocycles. The highest BCUT2D eigenvalue weighted by molar-refractivity contribution is 7.11. The van der Waals surface area contributed by atoms with Crippen LogP contribution in [-0.2, 0) is 0 Å². The number of nitrogens with zero attached hydrogens (tertiary/aromatic N) is 5. The van der Waals surface area contributed by atoms with E-state index in [1.54, 1.807) is 17.4 Å². The van der Waals surface area contributed by atoms with E-state index in [0.717, 1.165) is 35.9 Å². The summed E-state index contributed by atoms with van der Waals surface area (Å²) in [4.78, 5) is 22.4. The van der Waals surface area contributed by atoms with E-state index in [1.165, 1.54) is 4.88 Å². The molecule has 0 saturated carbocycles. The second-order valence-corrected chi connectivity index (χ2v) is 7.69. The summed E-state index contributed by atoms with van der Waals surface area (Å²) in [5.74, 6) is 1.04. The van der Waals surface area contributed by atoms with Gasteiger partial charge in [-0.25, -0.2) is 4.98 Å². The van der Waals surface area contributed by atoms with Crippen molar-refractivity contribution in [3.05, 3.63) is 33.4 Å². The van der Waals surface area contributed by atoms with Crippen LogP contribution < -0.4 is 4.90 Å². The molecule has 1 amide bonds. The number of hydrogen-bond donors (Lipinski definition) is 0. The maximum Gasteiger partial charge on any atom is 0.274 e. The molecule has 0 aromatic carbocycles. The number of amides is 1. The van der Waals surface area contributed by atoms with Crippen LogP contribution in [0.15, 0.2) is 12.1 Å². The van der Waals surface area contributed by atoms with E-state index in [-0.39, 0.29) is 5.91 Å². The molecule has 1 fully saturated rings. The Labute approximate surface area is 146 Å². The molecule has 1 saturated heterocycles. The minimum absolute atomic E-state index is 0.0393. The number of thiazole rings is 1. The van der Waals surface area contributed by atoms with Crippen LogP contribution >= 0.6 is 11.3 Å². The lowest BCUT2D eigenvalue weighted by molar-refractivity contribution is 0.0700. The van der Waals surface area contributed by atoms with Crippen molar-refractivity contribution in [2.24, 2.45) is 0 Å². The molecule has 2 aromatic rings. The third-order valence-electron chi connectivity index (χ3n) is 4.43. The molecule has 24 heavy (non-hydrogen) atoms. The monoisotopic (exact) mass is 345 g/mol. The summed E-state index contributed by atoms with van der Waals surface area (Å²) < 4.78 is 0. The van der Waals surface area contributed by atoms with Crippen LogP contribution in [0.2, 0.25) is 0 Å². The Kier molecular flexibility index (Phi) is 4.80. The summed E-state index contributed by atoms with van der Waals surface area (Å²) in [5.41, 5.74) is 1.51. The molecule has 1 atom stereocenters. The predicted molar refractivity (Wildman–Crippen MR) is 95.8 cm³/mol. The number of piperidine rings is 1. The standard InChI is InChI=1S/C17H23N5OS/c1-11-12(2)24-16(18-11)13-6-5-9-22(10-13)17(23)14-7-8-15(20-19-14)21(3)4/h7-8,13H,5-6,9-10H2,1-4H3/t13-/m0/s1. The zero-order valence-electron chi connectivity index (χ0n) is 14.6. The van der Waals surface area contributed by atoms with Crippen LogP contribution in [0.25, 0.3) is 0 Å². The van der Waals surface area contributed by atoms with Gasteiger partial charge in [-0.3, -0.25) is 4.79 Å². The number of aryl methyl sites for hydroxylation is 2. The van der Waals surface area contributed by atoms with Crippen LogP contribution in [0, 0.1) is 13.8 Å². The molecule has 0 radical (unpaired) electrons. The van der Waals surface area contributed by atoms with Crippen molar-refractivity contribution in [3.8, 4) is 0 Å². The first-order valence-corrected chi connectivity index (χ1v) is 9.01. The van der Waals surface area contributed by atoms with Crippen molar-refractivity contribution >= 4 is 23.1 Å². The van der Waals surface area contributed by atoms with Gasteiger partial charge in [0.15, 0.2) is 11.5 Å². The Morgan fingerprint density at radius 1 is 1.29 bits per heavy atom. The summed E-state index contributed by atoms with van der Waals surface area (Å²) in [6.45, 7) is 5.63. The van der Waals surface area contributed by atoms with E-state index in [2.05, 4.69) is 22.1 Å². The fourth-order valence-electron chi connectivity index (χ4n) is 2.88. The van der Waals surface area contributed by atoms with Crippen molar-refractivity contribution in [3.63, 3.8) is 0 Å². The van der Waals surface area contributed by atoms with Crippen molar-refractivity contribution in [1.82, 2.24) is 20.1 Å². The summed E-state index contributed by atoms with van der Waals surface area (Å²) in [6.07, 6.45) is 2.08. The average Bonchev–Trinajstić information content (AvgIpc) is 2.93. The molecule has 0 N–H and O–H groups in total. The summed E-state index contributed by atoms with van der Waals surface area (Å²) in [6, 6.07) is 3.58. The summed E-state index contributed by atoms with van der Waals surface area (Å²) in [5, 5.41) is 9.35. The van der Waals surface area contributed by atoms with Crippen molar-refractivity contribution in [1.29, 1.82) is 0 Å². The number of carbonyl (C=O) groups is 1. The highest BCUT2D eigenvalue weighted by Gasteiger charge is 2.28. The van der Waals surface area contributed by atoms with Crippen LogP contribution in [0.1, 0.15) is 44.8 Å². The van der Waals surface area contributed by atoms with Gasteiger partial charge in [0, 0.05) is 38.0 Å². The third kappa shape index (κ3) is 3.40. The van der Waals surface area contributed by atoms with Crippen LogP contribution in [-0.4, -0.2) is 53.2 Å². The Balaban J connectivity index is 1.73. The minimum atomic E-state index is -0.0393. The molecule has 0 unspecified atom stereocenters. The Hall–Kier alpha value is -2.02. The fraction of sp³-hybridized carbons (Fsp3) is 0.529. The van der Waals surface area contributed by atoms with Gasteiger partial charge >= 0.3 is 0 Å². The number of aromatic nitrogens is 3. The van der Waals surface area contributed by atoms with Gasteiger partial charge in [-0.05, 0) is 38.8 Å². The molecule has 2 aromatic heterocycles. The fourth-order valence-corrected chi connectivity index (χ4v) is 3.92. The quantitative estimate of drug-likeness (QED) is 0.856. The van der Waals surface area contributed by atoms with Gasteiger partial charge in [0.2, 0.25) is 0 Å². The zero-order chi connectivity index (χ0) is 17.3. The van der Waals surface area contributed by atoms with E-state index in [9.17, 15) is 4.79 Å². The molecule has 3 heterocycles. The van der Waals surface area contributed by atoms with Gasteiger partial charge in [-0.1, -0.05) is 0 Å². The first-order chi connectivity index (χ1) is 11.5. The second kappa shape index (κ2) is 6.84. The highest BCUT2D eigenvalue weighted by Crippen LogP contribution is 2.31. The van der Waals surface area contributed by atoms with E-state index < -0.39 is 0 Å². The lowest BCUT2D eigenvalue weighted by Crippen LogP contribution is -2.39. The van der Waals surface area contributed by atoms with Gasteiger partial charge in [0.1, 0.15) is 0 Å². The molecule has 0 bridgehead atoms. The lowest BCUT2D eigenvalue weighted by atomic mass is 9.98. The van der Waals surface area contributed by atoms with Crippen molar-refractivity contribution < 1.29 is 4.79 Å². The van der Waals surface area contributed by atoms with Crippen molar-refractivity contribution in [2.45, 2.75) is 32.6 Å². The normalized spacial score (nSPS) is 17.8. The summed E-state index contributed by atoms with van der Waals surface area (Å²) >= 11 is 1.75. The first-order valence-electron chi connectivity index (χ1n) is 8.20. The smallest absolute Gasteiger partial charge is 0.274 e. The van der Waals surface area contributed by atoms with Crippen LogP contribution in [0.4, 0.5) is 5.82 Å². The number of rotatable bonds is 3. The molecular formula is C17H23N5OS. The van der Waals surface area contributed by atoms with E-state index in [0.29, 0.717) is 18.2 Å². The number of carbonyl (C=O) groups excluding carboxylic acids is 1. The Morgan fingerprint density at radius 2 is 2.08 bits per heavy atom. The molecule has 128 valence electrons. The van der Waals surface area contributed by atoms with Gasteiger partial charge in [-0.15, -0.1) is 21.5 Å². The number of likely N-dealkylation sites (tertiary alicyclic amines) is 1. The van der Waals surface area contributed by atoms with E-state index in [1.807, 2.05) is 36.9 Å². The number of anilines is 1. The SMILES string of the molecule is Cc1nc([C@H]2CCCN(C(=O)c3ccc(N(C)C)nn3)C2)sc1C. The molecule has 0 aliphatic carbocycles. The molecule has 6 nitrogen and oxygen atoms in total. The maximum absolute atomic E-state index is 12.7. The summed E-state index contributed by atoms with van der Waals surface area (Å²) in [7, 11) is 3.80. The molecular weight excluding hydrogens is 322 g/mol. The van der Waals surface area contributed by atoms with Gasteiger partial charge in [0.25, 0.3) is 5.91 Å². The topological polar surface area (TPSA) is 62.2 Å². The second-order valence-electron chi connectivity index (χ2n) is 6.46. The minimum Gasteiger partial charge on any atom is -0.361 e. The van der Waals surface area contributed by atoms with Crippen LogP contribution in [0.3, 0.4) is 0 Å². The largest absolute Gasteiger partial charge is 0.361 e. The first kappa shape index (κ1) is 16.8. The molecule has 3 rings (SSSR count). The lowest BCUT2D eigenvalue weighted by Gasteiger charge is -2.31. The van der Waals surface area contributed by atoms with Crippen LogP contribution in [0.5, 0.6) is 0 Å². The Bertz CT molecular complexity index is 706. The van der Waals surface area contributed by atoms with Gasteiger partial charge in [0.05, 0.1) is 10.7 Å². The van der Waals surface area contributed by atoms with E-state index >= 15 is 0 Å². The molecule has 0 spiro atoms.